The zero-order valence-electron chi connectivity index (χ0n) is 15.3. The van der Waals surface area contributed by atoms with E-state index in [2.05, 4.69) is 0 Å². The lowest BCUT2D eigenvalue weighted by atomic mass is 9.82. The number of rotatable bonds is 3. The maximum Gasteiger partial charge on any atom is 0.208 e. The minimum Gasteiger partial charge on any atom is -0.497 e. The Hall–Kier alpha value is -3.65. The lowest BCUT2D eigenvalue weighted by molar-refractivity contribution is 0.0980. The maximum atomic E-state index is 13.2. The third kappa shape index (κ3) is 2.68. The van der Waals surface area contributed by atoms with Crippen LogP contribution in [0.4, 0.5) is 11.4 Å². The number of hydrogen-bond acceptors (Lipinski definition) is 7. The fourth-order valence-corrected chi connectivity index (χ4v) is 4.90. The molecule has 3 aromatic rings. The molecule has 0 unspecified atom stereocenters. The number of benzene rings is 3. The van der Waals surface area contributed by atoms with Crippen LogP contribution in [0.25, 0.3) is 0 Å². The Morgan fingerprint density at radius 2 is 1.45 bits per heavy atom. The van der Waals surface area contributed by atoms with Gasteiger partial charge in [0.2, 0.25) is 9.84 Å². The van der Waals surface area contributed by atoms with Crippen molar-refractivity contribution in [1.29, 1.82) is 0 Å². The molecule has 0 bridgehead atoms. The van der Waals surface area contributed by atoms with Crippen LogP contribution in [0.3, 0.4) is 0 Å². The fourth-order valence-electron chi connectivity index (χ4n) is 3.44. The zero-order chi connectivity index (χ0) is 20.9. The normalized spacial score (nSPS) is 13.0. The molecule has 7 nitrogen and oxygen atoms in total. The van der Waals surface area contributed by atoms with Gasteiger partial charge in [-0.15, -0.1) is 0 Å². The van der Waals surface area contributed by atoms with Gasteiger partial charge >= 0.3 is 0 Å². The molecule has 1 aliphatic carbocycles. The van der Waals surface area contributed by atoms with E-state index in [1.165, 1.54) is 37.4 Å². The highest BCUT2D eigenvalue weighted by molar-refractivity contribution is 7.91. The van der Waals surface area contributed by atoms with Gasteiger partial charge in [-0.2, -0.15) is 0 Å². The van der Waals surface area contributed by atoms with Gasteiger partial charge in [0.05, 0.1) is 33.7 Å². The van der Waals surface area contributed by atoms with Crippen LogP contribution in [-0.2, 0) is 9.84 Å². The van der Waals surface area contributed by atoms with E-state index in [0.717, 1.165) is 6.07 Å². The number of carbonyl (C=O) groups is 2. The third-order valence-corrected chi connectivity index (χ3v) is 6.66. The summed E-state index contributed by atoms with van der Waals surface area (Å²) in [6.07, 6.45) is 0. The molecule has 146 valence electrons. The summed E-state index contributed by atoms with van der Waals surface area (Å²) in [7, 11) is -2.71. The summed E-state index contributed by atoms with van der Waals surface area (Å²) in [5.41, 5.74) is 11.9. The highest BCUT2D eigenvalue weighted by Crippen LogP contribution is 2.39. The molecule has 3 aromatic carbocycles. The minimum atomic E-state index is -4.13. The molecule has 4 rings (SSSR count). The van der Waals surface area contributed by atoms with Crippen LogP contribution in [0.1, 0.15) is 31.8 Å². The van der Waals surface area contributed by atoms with Gasteiger partial charge in [0.15, 0.2) is 11.6 Å². The van der Waals surface area contributed by atoms with Crippen molar-refractivity contribution in [2.45, 2.75) is 9.79 Å². The number of nitrogen functional groups attached to an aromatic ring is 2. The first kappa shape index (κ1) is 18.7. The first-order valence-corrected chi connectivity index (χ1v) is 10.0. The number of methoxy groups -OCH3 is 1. The number of ketones is 2. The molecule has 4 N–H and O–H groups in total. The highest BCUT2D eigenvalue weighted by atomic mass is 32.2. The van der Waals surface area contributed by atoms with E-state index >= 15 is 0 Å². The number of hydrogen-bond donors (Lipinski definition) is 2. The molecule has 0 spiro atoms. The van der Waals surface area contributed by atoms with Crippen LogP contribution in [0.15, 0.2) is 64.4 Å². The van der Waals surface area contributed by atoms with Crippen LogP contribution in [0.5, 0.6) is 5.75 Å². The van der Waals surface area contributed by atoms with Crippen LogP contribution in [0.2, 0.25) is 0 Å². The molecule has 29 heavy (non-hydrogen) atoms. The van der Waals surface area contributed by atoms with Crippen molar-refractivity contribution in [1.82, 2.24) is 0 Å². The summed E-state index contributed by atoms with van der Waals surface area (Å²) in [6, 6.07) is 13.2. The molecule has 0 saturated carbocycles. The van der Waals surface area contributed by atoms with E-state index in [4.69, 9.17) is 16.2 Å². The Morgan fingerprint density at radius 1 is 0.828 bits per heavy atom. The van der Waals surface area contributed by atoms with E-state index in [1.54, 1.807) is 18.2 Å². The van der Waals surface area contributed by atoms with Gasteiger partial charge in [-0.05, 0) is 24.3 Å². The van der Waals surface area contributed by atoms with E-state index < -0.39 is 21.4 Å². The van der Waals surface area contributed by atoms with E-state index in [-0.39, 0.29) is 43.4 Å². The van der Waals surface area contributed by atoms with Gasteiger partial charge in [-0.1, -0.05) is 30.3 Å². The molecule has 0 saturated heterocycles. The van der Waals surface area contributed by atoms with E-state index in [0.29, 0.717) is 5.75 Å². The maximum absolute atomic E-state index is 13.2. The van der Waals surface area contributed by atoms with Crippen LogP contribution in [0, 0.1) is 0 Å². The van der Waals surface area contributed by atoms with Gasteiger partial charge in [0.1, 0.15) is 5.75 Å². The van der Waals surface area contributed by atoms with Gasteiger partial charge in [0, 0.05) is 16.8 Å². The SMILES string of the molecule is COc1cccc(S(=O)(=O)c2cc(N)c3c(c2N)C(=O)c2ccccc2C3=O)c1. The summed E-state index contributed by atoms with van der Waals surface area (Å²) in [5.74, 6) is -0.664. The molecule has 0 atom stereocenters. The van der Waals surface area contributed by atoms with Crippen molar-refractivity contribution in [2.24, 2.45) is 0 Å². The predicted molar refractivity (Wildman–Crippen MR) is 107 cm³/mol. The Balaban J connectivity index is 1.98. The van der Waals surface area contributed by atoms with Crippen molar-refractivity contribution in [3.8, 4) is 5.75 Å². The van der Waals surface area contributed by atoms with Crippen molar-refractivity contribution >= 4 is 32.8 Å². The number of sulfone groups is 1. The van der Waals surface area contributed by atoms with Crippen molar-refractivity contribution in [3.63, 3.8) is 0 Å². The molecule has 0 aromatic heterocycles. The molecule has 0 heterocycles. The van der Waals surface area contributed by atoms with Gasteiger partial charge in [0.25, 0.3) is 0 Å². The molecule has 0 aliphatic heterocycles. The molecular weight excluding hydrogens is 392 g/mol. The van der Waals surface area contributed by atoms with Crippen LogP contribution >= 0.6 is 0 Å². The molecule has 1 aliphatic rings. The summed E-state index contributed by atoms with van der Waals surface area (Å²) in [6.45, 7) is 0. The second-order valence-corrected chi connectivity index (χ2v) is 8.43. The van der Waals surface area contributed by atoms with Crippen molar-refractivity contribution in [3.05, 3.63) is 76.9 Å². The molecule has 8 heteroatoms. The number of nitrogens with two attached hydrogens (primary N) is 2. The molecule has 0 amide bonds. The second kappa shape index (κ2) is 6.46. The summed E-state index contributed by atoms with van der Waals surface area (Å²) in [4.78, 5) is 25.5. The van der Waals surface area contributed by atoms with Gasteiger partial charge in [-0.3, -0.25) is 9.59 Å². The quantitative estimate of drug-likeness (QED) is 0.498. The van der Waals surface area contributed by atoms with Crippen molar-refractivity contribution in [2.75, 3.05) is 18.6 Å². The number of anilines is 2. The molecular formula is C21H16N2O5S. The second-order valence-electron chi connectivity index (χ2n) is 6.51. The topological polar surface area (TPSA) is 130 Å². The van der Waals surface area contributed by atoms with Gasteiger partial charge in [-0.25, -0.2) is 8.42 Å². The largest absolute Gasteiger partial charge is 0.497 e. The first-order chi connectivity index (χ1) is 13.8. The molecule has 0 radical (unpaired) electrons. The smallest absolute Gasteiger partial charge is 0.208 e. The monoisotopic (exact) mass is 408 g/mol. The first-order valence-electron chi connectivity index (χ1n) is 8.57. The Bertz CT molecular complexity index is 1310. The van der Waals surface area contributed by atoms with Crippen LogP contribution in [-0.4, -0.2) is 27.1 Å². The van der Waals surface area contributed by atoms with E-state index in [1.807, 2.05) is 0 Å². The zero-order valence-corrected chi connectivity index (χ0v) is 16.1. The lowest BCUT2D eigenvalue weighted by Crippen LogP contribution is -2.25. The Labute approximate surface area is 166 Å². The van der Waals surface area contributed by atoms with Crippen molar-refractivity contribution < 1.29 is 22.7 Å². The molecule has 0 fully saturated rings. The van der Waals surface area contributed by atoms with Gasteiger partial charge < -0.3 is 16.2 Å². The van der Waals surface area contributed by atoms with Crippen LogP contribution < -0.4 is 16.2 Å². The average Bonchev–Trinajstić information content (AvgIpc) is 2.73. The summed E-state index contributed by atoms with van der Waals surface area (Å²) < 4.78 is 31.5. The summed E-state index contributed by atoms with van der Waals surface area (Å²) >= 11 is 0. The predicted octanol–water partition coefficient (Wildman–Crippen LogP) is 2.47. The average molecular weight is 408 g/mol. The summed E-state index contributed by atoms with van der Waals surface area (Å²) in [5, 5.41) is 0. The number of carbonyl (C=O) groups excluding carboxylic acids is 2. The number of fused-ring (bicyclic) bond motifs is 2. The Morgan fingerprint density at radius 3 is 2.07 bits per heavy atom. The Kier molecular flexibility index (Phi) is 4.16. The third-order valence-electron chi connectivity index (χ3n) is 4.87. The minimum absolute atomic E-state index is 0.0714. The standard InChI is InChI=1S/C21H16N2O5S/c1-28-11-5-4-6-12(9-11)29(26,27)16-10-15(22)17-18(19(16)23)21(25)14-8-3-2-7-13(14)20(17)24/h2-10H,22-23H2,1H3. The highest BCUT2D eigenvalue weighted by Gasteiger charge is 2.36. The lowest BCUT2D eigenvalue weighted by Gasteiger charge is -2.22. The number of ether oxygens (including phenoxy) is 1. The van der Waals surface area contributed by atoms with E-state index in [9.17, 15) is 18.0 Å². The fraction of sp³-hybridized carbons (Fsp3) is 0.0476.